The SMILES string of the molecule is CC(C)OC(=O)/C=C/C(=O)OC(C(C)(C)C)C(C)(C)C. The van der Waals surface area contributed by atoms with Crippen molar-refractivity contribution in [2.24, 2.45) is 10.8 Å². The van der Waals surface area contributed by atoms with Crippen LogP contribution in [0.3, 0.4) is 0 Å². The minimum atomic E-state index is -0.542. The van der Waals surface area contributed by atoms with E-state index in [1.54, 1.807) is 13.8 Å². The van der Waals surface area contributed by atoms with E-state index in [9.17, 15) is 9.59 Å². The Balaban J connectivity index is 4.72. The van der Waals surface area contributed by atoms with Crippen LogP contribution in [-0.4, -0.2) is 24.1 Å². The van der Waals surface area contributed by atoms with Gasteiger partial charge in [0, 0.05) is 12.2 Å². The summed E-state index contributed by atoms with van der Waals surface area (Å²) < 4.78 is 10.4. The maximum atomic E-state index is 11.8. The van der Waals surface area contributed by atoms with Crippen LogP contribution < -0.4 is 0 Å². The quantitative estimate of drug-likeness (QED) is 0.585. The van der Waals surface area contributed by atoms with Crippen molar-refractivity contribution in [1.29, 1.82) is 0 Å². The summed E-state index contributed by atoms with van der Waals surface area (Å²) in [5.41, 5.74) is -0.361. The first kappa shape index (κ1) is 18.7. The lowest BCUT2D eigenvalue weighted by Crippen LogP contribution is -2.41. The molecule has 0 saturated carbocycles. The fourth-order valence-corrected chi connectivity index (χ4v) is 2.22. The lowest BCUT2D eigenvalue weighted by atomic mass is 9.74. The molecule has 116 valence electrons. The van der Waals surface area contributed by atoms with Crippen LogP contribution in [0.15, 0.2) is 12.2 Å². The zero-order valence-electron chi connectivity index (χ0n) is 13.9. The van der Waals surface area contributed by atoms with Gasteiger partial charge >= 0.3 is 11.9 Å². The second kappa shape index (κ2) is 6.91. The molecule has 0 aromatic rings. The molecule has 0 aromatic carbocycles. The van der Waals surface area contributed by atoms with Gasteiger partial charge in [0.15, 0.2) is 0 Å². The average Bonchev–Trinajstić information content (AvgIpc) is 2.18. The highest BCUT2D eigenvalue weighted by Crippen LogP contribution is 2.36. The van der Waals surface area contributed by atoms with Crippen LogP contribution in [0.4, 0.5) is 0 Å². The highest BCUT2D eigenvalue weighted by molar-refractivity contribution is 5.91. The third-order valence-electron chi connectivity index (χ3n) is 2.51. The van der Waals surface area contributed by atoms with Crippen LogP contribution in [-0.2, 0) is 19.1 Å². The second-order valence-electron chi connectivity index (χ2n) is 7.37. The lowest BCUT2D eigenvalue weighted by molar-refractivity contribution is -0.158. The Bertz CT molecular complexity index is 353. The van der Waals surface area contributed by atoms with Gasteiger partial charge in [0.05, 0.1) is 6.10 Å². The summed E-state index contributed by atoms with van der Waals surface area (Å²) in [4.78, 5) is 23.1. The van der Waals surface area contributed by atoms with Crippen LogP contribution in [0.2, 0.25) is 0 Å². The second-order valence-corrected chi connectivity index (χ2v) is 7.37. The predicted octanol–water partition coefficient (Wildman–Crippen LogP) is 3.50. The summed E-state index contributed by atoms with van der Waals surface area (Å²) in [7, 11) is 0. The van der Waals surface area contributed by atoms with E-state index in [2.05, 4.69) is 0 Å². The topological polar surface area (TPSA) is 52.6 Å². The summed E-state index contributed by atoms with van der Waals surface area (Å²) in [6.07, 6.45) is 1.76. The van der Waals surface area contributed by atoms with Crippen LogP contribution in [0.5, 0.6) is 0 Å². The van der Waals surface area contributed by atoms with Gasteiger partial charge in [-0.05, 0) is 24.7 Å². The minimum absolute atomic E-state index is 0.180. The van der Waals surface area contributed by atoms with Gasteiger partial charge in [-0.25, -0.2) is 9.59 Å². The number of hydrogen-bond donors (Lipinski definition) is 0. The first-order valence-corrected chi connectivity index (χ1v) is 6.93. The van der Waals surface area contributed by atoms with E-state index in [0.29, 0.717) is 0 Å². The van der Waals surface area contributed by atoms with Gasteiger partial charge in [0.25, 0.3) is 0 Å². The number of carbonyl (C=O) groups excluding carboxylic acids is 2. The lowest BCUT2D eigenvalue weighted by Gasteiger charge is -2.39. The average molecular weight is 284 g/mol. The molecule has 4 heteroatoms. The molecule has 0 amide bonds. The van der Waals surface area contributed by atoms with E-state index in [0.717, 1.165) is 12.2 Å². The Kier molecular flexibility index (Phi) is 6.45. The van der Waals surface area contributed by atoms with Gasteiger partial charge in [0.1, 0.15) is 6.10 Å². The van der Waals surface area contributed by atoms with Gasteiger partial charge in [-0.3, -0.25) is 0 Å². The van der Waals surface area contributed by atoms with Crippen molar-refractivity contribution >= 4 is 11.9 Å². The highest BCUT2D eigenvalue weighted by atomic mass is 16.5. The molecule has 4 nitrogen and oxygen atoms in total. The molecule has 0 saturated heterocycles. The van der Waals surface area contributed by atoms with E-state index >= 15 is 0 Å². The van der Waals surface area contributed by atoms with Crippen molar-refractivity contribution in [3.05, 3.63) is 12.2 Å². The van der Waals surface area contributed by atoms with Crippen LogP contribution in [0.1, 0.15) is 55.4 Å². The number of hydrogen-bond acceptors (Lipinski definition) is 4. The molecular weight excluding hydrogens is 256 g/mol. The van der Waals surface area contributed by atoms with E-state index in [4.69, 9.17) is 9.47 Å². The zero-order chi connectivity index (χ0) is 16.1. The summed E-state index contributed by atoms with van der Waals surface area (Å²) >= 11 is 0. The molecule has 0 spiro atoms. The molecule has 20 heavy (non-hydrogen) atoms. The van der Waals surface area contributed by atoms with Crippen molar-refractivity contribution < 1.29 is 19.1 Å². The van der Waals surface area contributed by atoms with E-state index < -0.39 is 11.9 Å². The molecular formula is C16H28O4. The molecule has 0 radical (unpaired) electrons. The standard InChI is InChI=1S/C16H28O4/c1-11(2)19-12(17)9-10-13(18)20-14(15(3,4)5)16(6,7)8/h9-11,14H,1-8H3/b10-9+. The van der Waals surface area contributed by atoms with E-state index in [-0.39, 0.29) is 23.0 Å². The monoisotopic (exact) mass is 284 g/mol. The maximum Gasteiger partial charge on any atom is 0.331 e. The van der Waals surface area contributed by atoms with E-state index in [1.165, 1.54) is 0 Å². The Hall–Kier alpha value is -1.32. The summed E-state index contributed by atoms with van der Waals surface area (Å²) in [5.74, 6) is -1.07. The number of carbonyl (C=O) groups is 2. The Morgan fingerprint density at radius 1 is 0.800 bits per heavy atom. The first-order valence-electron chi connectivity index (χ1n) is 6.93. The summed E-state index contributed by atoms with van der Waals surface area (Å²) in [5, 5.41) is 0. The Morgan fingerprint density at radius 3 is 1.45 bits per heavy atom. The molecule has 0 N–H and O–H groups in total. The Morgan fingerprint density at radius 2 is 1.15 bits per heavy atom. The normalized spacial score (nSPS) is 13.1. The molecule has 0 aromatic heterocycles. The molecule has 0 aliphatic heterocycles. The fraction of sp³-hybridized carbons (Fsp3) is 0.750. The third-order valence-corrected chi connectivity index (χ3v) is 2.51. The number of esters is 2. The molecule has 0 heterocycles. The largest absolute Gasteiger partial charge is 0.460 e. The minimum Gasteiger partial charge on any atom is -0.460 e. The zero-order valence-corrected chi connectivity index (χ0v) is 13.9. The van der Waals surface area contributed by atoms with E-state index in [1.807, 2.05) is 41.5 Å². The van der Waals surface area contributed by atoms with Crippen molar-refractivity contribution in [3.63, 3.8) is 0 Å². The molecule has 0 aliphatic carbocycles. The predicted molar refractivity (Wildman–Crippen MR) is 79.2 cm³/mol. The van der Waals surface area contributed by atoms with Crippen molar-refractivity contribution in [1.82, 2.24) is 0 Å². The number of rotatable bonds is 4. The molecule has 0 aliphatic rings. The summed E-state index contributed by atoms with van der Waals surface area (Å²) in [6, 6.07) is 0. The fourth-order valence-electron chi connectivity index (χ4n) is 2.22. The first-order chi connectivity index (χ1) is 8.84. The smallest absolute Gasteiger partial charge is 0.331 e. The van der Waals surface area contributed by atoms with Gasteiger partial charge in [-0.15, -0.1) is 0 Å². The van der Waals surface area contributed by atoms with Gasteiger partial charge in [0.2, 0.25) is 0 Å². The third kappa shape index (κ3) is 7.31. The van der Waals surface area contributed by atoms with Crippen LogP contribution in [0.25, 0.3) is 0 Å². The summed E-state index contributed by atoms with van der Waals surface area (Å²) in [6.45, 7) is 15.6. The molecule has 0 fully saturated rings. The van der Waals surface area contributed by atoms with Crippen molar-refractivity contribution in [2.75, 3.05) is 0 Å². The van der Waals surface area contributed by atoms with Crippen molar-refractivity contribution in [3.8, 4) is 0 Å². The van der Waals surface area contributed by atoms with Crippen LogP contribution >= 0.6 is 0 Å². The Labute approximate surface area is 122 Å². The van der Waals surface area contributed by atoms with Gasteiger partial charge in [-0.1, -0.05) is 41.5 Å². The van der Waals surface area contributed by atoms with Gasteiger partial charge in [-0.2, -0.15) is 0 Å². The number of ether oxygens (including phenoxy) is 2. The highest BCUT2D eigenvalue weighted by Gasteiger charge is 2.37. The maximum absolute atomic E-state index is 11.8. The molecule has 0 bridgehead atoms. The molecule has 0 atom stereocenters. The van der Waals surface area contributed by atoms with Crippen molar-refractivity contribution in [2.45, 2.75) is 67.6 Å². The van der Waals surface area contributed by atoms with Crippen LogP contribution in [0, 0.1) is 10.8 Å². The molecule has 0 rings (SSSR count). The molecule has 0 unspecified atom stereocenters. The van der Waals surface area contributed by atoms with Gasteiger partial charge < -0.3 is 9.47 Å².